The minimum atomic E-state index is 0.923. The molecule has 0 fully saturated rings. The molecule has 0 saturated carbocycles. The van der Waals surface area contributed by atoms with Gasteiger partial charge in [0.1, 0.15) is 0 Å². The lowest BCUT2D eigenvalue weighted by molar-refractivity contribution is 0.942. The van der Waals surface area contributed by atoms with Crippen LogP contribution in [0, 0.1) is 13.8 Å². The van der Waals surface area contributed by atoms with E-state index in [4.69, 9.17) is 9.97 Å². The zero-order valence-electron chi connectivity index (χ0n) is 23.8. The van der Waals surface area contributed by atoms with Gasteiger partial charge in [-0.2, -0.15) is 0 Å². The first-order chi connectivity index (χ1) is 19.3. The number of halogens is 2. The van der Waals surface area contributed by atoms with Gasteiger partial charge in [0.05, 0.1) is 22.8 Å². The van der Waals surface area contributed by atoms with Crippen molar-refractivity contribution in [2.45, 2.75) is 53.4 Å². The maximum Gasteiger partial charge on any atom is 0.0733 e. The number of aryl methyl sites for hydroxylation is 3. The minimum absolute atomic E-state index is 0.923. The third kappa shape index (κ3) is 5.12. The van der Waals surface area contributed by atoms with E-state index in [1.165, 1.54) is 22.3 Å². The highest BCUT2D eigenvalue weighted by atomic mass is 79.9. The molecule has 0 aromatic carbocycles. The number of allylic oxidation sites excluding steroid dienone is 5. The van der Waals surface area contributed by atoms with Crippen molar-refractivity contribution in [2.24, 2.45) is 0 Å². The molecule has 0 atom stereocenters. The summed E-state index contributed by atoms with van der Waals surface area (Å²) in [5, 5.41) is 1.93. The molecule has 5 rings (SSSR count). The van der Waals surface area contributed by atoms with Crippen LogP contribution < -0.4 is 0 Å². The van der Waals surface area contributed by atoms with Gasteiger partial charge in [-0.1, -0.05) is 57.2 Å². The number of nitrogens with one attached hydrogen (secondary N) is 2. The van der Waals surface area contributed by atoms with Crippen LogP contribution in [-0.4, -0.2) is 30.6 Å². The van der Waals surface area contributed by atoms with Crippen molar-refractivity contribution in [3.8, 4) is 0 Å². The Bertz CT molecular complexity index is 1750. The van der Waals surface area contributed by atoms with Crippen LogP contribution in [-0.2, 0) is 6.42 Å². The molecule has 0 saturated heterocycles. The van der Waals surface area contributed by atoms with Crippen molar-refractivity contribution < 1.29 is 0 Å². The SMILES string of the molecule is C=CC1=C(C)c2cc3[nH]c(cc4nc(cc5[nH]c(cc1n2)c(C)c5CCCBr)C(CCCBr)=C4C)c(C)c3C=C. The number of H-pyrrole nitrogens is 2. The Morgan fingerprint density at radius 1 is 0.675 bits per heavy atom. The number of hydrogen-bond donors (Lipinski definition) is 2. The van der Waals surface area contributed by atoms with Gasteiger partial charge in [0.15, 0.2) is 0 Å². The van der Waals surface area contributed by atoms with Crippen molar-refractivity contribution in [1.29, 1.82) is 0 Å². The molecule has 5 heterocycles. The summed E-state index contributed by atoms with van der Waals surface area (Å²) in [6, 6.07) is 8.75. The standard InChI is InChI=1S/C34H36Br2N4/c1-7-23-19(3)27-15-28-21(5)25(11-9-13-35)33(39-28)18-34-26(12-10-14-36)22(6)30(40-34)17-32-24(8-2)20(4)29(38-32)16-31(23)37-27/h7-8,15-18,37,40H,1-2,9-14H2,3-6H3. The van der Waals surface area contributed by atoms with Gasteiger partial charge in [0, 0.05) is 43.9 Å². The van der Waals surface area contributed by atoms with E-state index in [9.17, 15) is 0 Å². The Morgan fingerprint density at radius 3 is 1.95 bits per heavy atom. The Morgan fingerprint density at radius 2 is 1.25 bits per heavy atom. The first kappa shape index (κ1) is 28.6. The average molecular weight is 660 g/mol. The Hall–Kier alpha value is -2.96. The number of aromatic amines is 2. The highest BCUT2D eigenvalue weighted by Crippen LogP contribution is 2.36. The summed E-state index contributed by atoms with van der Waals surface area (Å²) in [6.45, 7) is 16.9. The number of alkyl halides is 2. The largest absolute Gasteiger partial charge is 0.355 e. The van der Waals surface area contributed by atoms with E-state index in [0.717, 1.165) is 103 Å². The quantitative estimate of drug-likeness (QED) is 0.236. The van der Waals surface area contributed by atoms with Gasteiger partial charge in [-0.05, 0) is 111 Å². The first-order valence-corrected chi connectivity index (χ1v) is 16.1. The Balaban J connectivity index is 1.95. The van der Waals surface area contributed by atoms with Gasteiger partial charge < -0.3 is 9.97 Å². The lowest BCUT2D eigenvalue weighted by Crippen LogP contribution is -1.89. The molecule has 3 aromatic heterocycles. The van der Waals surface area contributed by atoms with Gasteiger partial charge >= 0.3 is 0 Å². The fourth-order valence-electron chi connectivity index (χ4n) is 5.79. The molecule has 8 bridgehead atoms. The Labute approximate surface area is 253 Å². The van der Waals surface area contributed by atoms with Crippen LogP contribution in [0.1, 0.15) is 78.1 Å². The van der Waals surface area contributed by atoms with Gasteiger partial charge in [-0.25, -0.2) is 9.97 Å². The molecule has 0 spiro atoms. The van der Waals surface area contributed by atoms with E-state index in [2.05, 4.69) is 107 Å². The topological polar surface area (TPSA) is 57.4 Å². The van der Waals surface area contributed by atoms with E-state index >= 15 is 0 Å². The summed E-state index contributed by atoms with van der Waals surface area (Å²) in [6.07, 6.45) is 7.92. The van der Waals surface area contributed by atoms with Crippen molar-refractivity contribution in [1.82, 2.24) is 19.9 Å². The van der Waals surface area contributed by atoms with Crippen LogP contribution >= 0.6 is 31.9 Å². The third-order valence-corrected chi connectivity index (χ3v) is 9.29. The average Bonchev–Trinajstić information content (AvgIpc) is 3.59. The van der Waals surface area contributed by atoms with E-state index in [1.807, 2.05) is 12.2 Å². The highest BCUT2D eigenvalue weighted by molar-refractivity contribution is 9.09. The number of hydrogen-bond acceptors (Lipinski definition) is 2. The molecule has 0 aliphatic carbocycles. The summed E-state index contributed by atoms with van der Waals surface area (Å²) in [5.74, 6) is 0. The van der Waals surface area contributed by atoms with Crippen molar-refractivity contribution in [3.63, 3.8) is 0 Å². The van der Waals surface area contributed by atoms with Crippen LogP contribution in [0.25, 0.3) is 50.4 Å². The molecule has 4 nitrogen and oxygen atoms in total. The third-order valence-electron chi connectivity index (χ3n) is 8.16. The molecule has 0 radical (unpaired) electrons. The van der Waals surface area contributed by atoms with Crippen LogP contribution in [0.15, 0.2) is 43.5 Å². The smallest absolute Gasteiger partial charge is 0.0733 e. The molecule has 206 valence electrons. The predicted octanol–water partition coefficient (Wildman–Crippen LogP) is 10.1. The molecule has 0 amide bonds. The molecule has 2 aliphatic rings. The van der Waals surface area contributed by atoms with Crippen LogP contribution in [0.5, 0.6) is 0 Å². The zero-order chi connectivity index (χ0) is 28.6. The fourth-order valence-corrected chi connectivity index (χ4v) is 6.35. The van der Waals surface area contributed by atoms with E-state index < -0.39 is 0 Å². The molecular weight excluding hydrogens is 624 g/mol. The number of rotatable bonds is 8. The predicted molar refractivity (Wildman–Crippen MR) is 181 cm³/mol. The second-order valence-electron chi connectivity index (χ2n) is 10.5. The number of aromatic nitrogens is 4. The lowest BCUT2D eigenvalue weighted by Gasteiger charge is -2.03. The summed E-state index contributed by atoms with van der Waals surface area (Å²) < 4.78 is 0. The van der Waals surface area contributed by atoms with Gasteiger partial charge in [-0.15, -0.1) is 0 Å². The van der Waals surface area contributed by atoms with Crippen molar-refractivity contribution in [3.05, 3.63) is 88.5 Å². The van der Waals surface area contributed by atoms with E-state index in [1.54, 1.807) is 0 Å². The Kier molecular flexibility index (Phi) is 8.48. The van der Waals surface area contributed by atoms with Crippen LogP contribution in [0.4, 0.5) is 0 Å². The summed E-state index contributed by atoms with van der Waals surface area (Å²) in [4.78, 5) is 17.7. The fraction of sp³-hybridized carbons (Fsp3) is 0.294. The molecule has 2 aliphatic heterocycles. The molecule has 0 unspecified atom stereocenters. The maximum atomic E-state index is 5.21. The summed E-state index contributed by atoms with van der Waals surface area (Å²) in [5.41, 5.74) is 17.7. The molecule has 3 aromatic rings. The van der Waals surface area contributed by atoms with Gasteiger partial charge in [0.25, 0.3) is 0 Å². The monoisotopic (exact) mass is 658 g/mol. The molecule has 2 N–H and O–H groups in total. The van der Waals surface area contributed by atoms with Crippen LogP contribution in [0.3, 0.4) is 0 Å². The second-order valence-corrected chi connectivity index (χ2v) is 12.1. The number of nitrogens with zero attached hydrogens (tertiary/aromatic N) is 2. The zero-order valence-corrected chi connectivity index (χ0v) is 26.9. The van der Waals surface area contributed by atoms with E-state index in [-0.39, 0.29) is 0 Å². The van der Waals surface area contributed by atoms with Crippen LogP contribution in [0.2, 0.25) is 0 Å². The molecule has 6 heteroatoms. The maximum absolute atomic E-state index is 5.21. The summed E-state index contributed by atoms with van der Waals surface area (Å²) in [7, 11) is 0. The van der Waals surface area contributed by atoms with Crippen molar-refractivity contribution >= 4 is 82.3 Å². The van der Waals surface area contributed by atoms with E-state index in [0.29, 0.717) is 0 Å². The van der Waals surface area contributed by atoms with Crippen molar-refractivity contribution in [2.75, 3.05) is 10.7 Å². The van der Waals surface area contributed by atoms with Gasteiger partial charge in [-0.3, -0.25) is 0 Å². The van der Waals surface area contributed by atoms with Gasteiger partial charge in [0.2, 0.25) is 0 Å². The lowest BCUT2D eigenvalue weighted by atomic mass is 10.0. The highest BCUT2D eigenvalue weighted by Gasteiger charge is 2.19. The second kappa shape index (κ2) is 11.9. The molecule has 40 heavy (non-hydrogen) atoms. The summed E-state index contributed by atoms with van der Waals surface area (Å²) >= 11 is 7.26. The normalized spacial score (nSPS) is 13.3. The minimum Gasteiger partial charge on any atom is -0.355 e. The first-order valence-electron chi connectivity index (χ1n) is 13.8. The molecular formula is C34H36Br2N4. The number of fused-ring (bicyclic) bond motifs is 8.